The van der Waals surface area contributed by atoms with Gasteiger partial charge in [-0.05, 0) is 47.5 Å². The molecule has 21 heavy (non-hydrogen) atoms. The molecule has 0 fully saturated rings. The fraction of sp³-hybridized carbons (Fsp3) is 0.188. The number of ketones is 1. The molecule has 0 bridgehead atoms. The summed E-state index contributed by atoms with van der Waals surface area (Å²) in [6.45, 7) is 4.26. The van der Waals surface area contributed by atoms with E-state index in [1.54, 1.807) is 18.2 Å². The van der Waals surface area contributed by atoms with Crippen molar-refractivity contribution >= 4 is 44.9 Å². The minimum atomic E-state index is -0.180. The lowest BCUT2D eigenvalue weighted by Gasteiger charge is -2.11. The summed E-state index contributed by atoms with van der Waals surface area (Å²) in [5.74, 6) is 0.296. The summed E-state index contributed by atoms with van der Waals surface area (Å²) in [6, 6.07) is 8.63. The van der Waals surface area contributed by atoms with Crippen molar-refractivity contribution in [2.24, 2.45) is 0 Å². The Hall–Kier alpha value is -1.03. The van der Waals surface area contributed by atoms with Gasteiger partial charge in [-0.2, -0.15) is 0 Å². The SMILES string of the molecule is CCOc1cc(Cl)c(C(=O)c2cccc(C)c2Br)cc1Cl. The second-order valence-corrected chi connectivity index (χ2v) is 6.07. The quantitative estimate of drug-likeness (QED) is 0.629. The Balaban J connectivity index is 2.49. The second-order valence-electron chi connectivity index (χ2n) is 4.46. The molecule has 2 nitrogen and oxygen atoms in total. The Bertz CT molecular complexity index is 699. The molecule has 0 unspecified atom stereocenters. The third kappa shape index (κ3) is 3.42. The van der Waals surface area contributed by atoms with Crippen LogP contribution in [-0.2, 0) is 0 Å². The van der Waals surface area contributed by atoms with Gasteiger partial charge >= 0.3 is 0 Å². The number of benzene rings is 2. The number of ether oxygens (including phenoxy) is 1. The molecule has 5 heteroatoms. The van der Waals surface area contributed by atoms with Crippen LogP contribution in [0.4, 0.5) is 0 Å². The summed E-state index contributed by atoms with van der Waals surface area (Å²) in [6.07, 6.45) is 0. The van der Waals surface area contributed by atoms with Crippen molar-refractivity contribution in [1.29, 1.82) is 0 Å². The molecule has 0 saturated carbocycles. The van der Waals surface area contributed by atoms with Crippen LogP contribution in [0.2, 0.25) is 10.0 Å². The lowest BCUT2D eigenvalue weighted by molar-refractivity contribution is 0.103. The normalized spacial score (nSPS) is 10.5. The van der Waals surface area contributed by atoms with Crippen molar-refractivity contribution in [1.82, 2.24) is 0 Å². The fourth-order valence-electron chi connectivity index (χ4n) is 1.94. The van der Waals surface area contributed by atoms with Crippen LogP contribution in [0.15, 0.2) is 34.8 Å². The van der Waals surface area contributed by atoms with Gasteiger partial charge in [0.05, 0.1) is 16.7 Å². The number of carbonyl (C=O) groups excluding carboxylic acids is 1. The fourth-order valence-corrected chi connectivity index (χ4v) is 2.84. The molecule has 2 aromatic carbocycles. The van der Waals surface area contributed by atoms with E-state index in [0.29, 0.717) is 33.5 Å². The standard InChI is InChI=1S/C16H13BrCl2O2/c1-3-21-14-8-12(18)11(7-13(14)19)16(20)10-6-4-5-9(2)15(10)17/h4-8H,3H2,1-2H3. The van der Waals surface area contributed by atoms with Crippen LogP contribution in [-0.4, -0.2) is 12.4 Å². The molecule has 0 aliphatic heterocycles. The van der Waals surface area contributed by atoms with Crippen molar-refractivity contribution in [2.45, 2.75) is 13.8 Å². The Morgan fingerprint density at radius 2 is 1.90 bits per heavy atom. The molecule has 0 atom stereocenters. The first kappa shape index (κ1) is 16.3. The van der Waals surface area contributed by atoms with Crippen LogP contribution in [0, 0.1) is 6.92 Å². The highest BCUT2D eigenvalue weighted by atomic mass is 79.9. The maximum Gasteiger partial charge on any atom is 0.195 e. The van der Waals surface area contributed by atoms with Crippen molar-refractivity contribution in [3.63, 3.8) is 0 Å². The molecule has 0 radical (unpaired) electrons. The summed E-state index contributed by atoms with van der Waals surface area (Å²) in [5.41, 5.74) is 1.89. The topological polar surface area (TPSA) is 26.3 Å². The largest absolute Gasteiger partial charge is 0.492 e. The highest BCUT2D eigenvalue weighted by molar-refractivity contribution is 9.10. The number of aryl methyl sites for hydroxylation is 1. The zero-order valence-corrected chi connectivity index (χ0v) is 14.6. The van der Waals surface area contributed by atoms with Crippen LogP contribution in [0.5, 0.6) is 5.75 Å². The first-order valence-electron chi connectivity index (χ1n) is 6.37. The number of hydrogen-bond acceptors (Lipinski definition) is 2. The lowest BCUT2D eigenvalue weighted by Crippen LogP contribution is -2.05. The number of halogens is 3. The molecule has 0 aliphatic carbocycles. The van der Waals surface area contributed by atoms with Gasteiger partial charge in [0, 0.05) is 21.7 Å². The zero-order chi connectivity index (χ0) is 15.6. The van der Waals surface area contributed by atoms with Crippen LogP contribution >= 0.6 is 39.1 Å². The van der Waals surface area contributed by atoms with Crippen LogP contribution in [0.25, 0.3) is 0 Å². The lowest BCUT2D eigenvalue weighted by atomic mass is 10.0. The van der Waals surface area contributed by atoms with E-state index in [9.17, 15) is 4.79 Å². The van der Waals surface area contributed by atoms with Gasteiger partial charge in [0.1, 0.15) is 5.75 Å². The summed E-state index contributed by atoms with van der Waals surface area (Å²) in [4.78, 5) is 12.6. The molecule has 0 saturated heterocycles. The number of carbonyl (C=O) groups is 1. The highest BCUT2D eigenvalue weighted by Gasteiger charge is 2.19. The van der Waals surface area contributed by atoms with Gasteiger partial charge in [0.25, 0.3) is 0 Å². The summed E-state index contributed by atoms with van der Waals surface area (Å²) in [5, 5.41) is 0.689. The van der Waals surface area contributed by atoms with E-state index in [1.165, 1.54) is 0 Å². The molecular weight excluding hydrogens is 375 g/mol. The van der Waals surface area contributed by atoms with Gasteiger partial charge in [-0.3, -0.25) is 4.79 Å². The maximum absolute atomic E-state index is 12.6. The predicted molar refractivity (Wildman–Crippen MR) is 89.9 cm³/mol. The van der Waals surface area contributed by atoms with E-state index in [0.717, 1.165) is 10.0 Å². The molecule has 0 aliphatic rings. The summed E-state index contributed by atoms with van der Waals surface area (Å²) >= 11 is 15.8. The van der Waals surface area contributed by atoms with Crippen LogP contribution < -0.4 is 4.74 Å². The van der Waals surface area contributed by atoms with E-state index in [4.69, 9.17) is 27.9 Å². The average Bonchev–Trinajstić information content (AvgIpc) is 2.45. The van der Waals surface area contributed by atoms with Crippen LogP contribution in [0.3, 0.4) is 0 Å². The second kappa shape index (κ2) is 6.82. The summed E-state index contributed by atoms with van der Waals surface area (Å²) in [7, 11) is 0. The van der Waals surface area contributed by atoms with Crippen molar-refractivity contribution in [3.05, 3.63) is 61.5 Å². The van der Waals surface area contributed by atoms with E-state index in [1.807, 2.05) is 26.0 Å². The van der Waals surface area contributed by atoms with Gasteiger partial charge in [0.15, 0.2) is 5.78 Å². The molecule has 0 N–H and O–H groups in total. The monoisotopic (exact) mass is 386 g/mol. The van der Waals surface area contributed by atoms with Gasteiger partial charge in [-0.25, -0.2) is 0 Å². The number of hydrogen-bond donors (Lipinski definition) is 0. The molecule has 0 amide bonds. The van der Waals surface area contributed by atoms with E-state index >= 15 is 0 Å². The molecular formula is C16H13BrCl2O2. The van der Waals surface area contributed by atoms with E-state index in [-0.39, 0.29) is 5.78 Å². The first-order chi connectivity index (χ1) is 9.95. The minimum absolute atomic E-state index is 0.180. The third-order valence-corrected chi connectivity index (χ3v) is 4.66. The predicted octanol–water partition coefficient (Wildman–Crippen LogP) is 5.69. The first-order valence-corrected chi connectivity index (χ1v) is 7.92. The van der Waals surface area contributed by atoms with Gasteiger partial charge in [0.2, 0.25) is 0 Å². The smallest absolute Gasteiger partial charge is 0.195 e. The molecule has 2 aromatic rings. The molecule has 0 spiro atoms. The van der Waals surface area contributed by atoms with E-state index in [2.05, 4.69) is 15.9 Å². The molecule has 0 heterocycles. The molecule has 110 valence electrons. The Morgan fingerprint density at radius 1 is 1.19 bits per heavy atom. The van der Waals surface area contributed by atoms with Crippen molar-refractivity contribution < 1.29 is 9.53 Å². The van der Waals surface area contributed by atoms with Gasteiger partial charge in [-0.1, -0.05) is 35.3 Å². The average molecular weight is 388 g/mol. The zero-order valence-electron chi connectivity index (χ0n) is 11.5. The van der Waals surface area contributed by atoms with E-state index < -0.39 is 0 Å². The Morgan fingerprint density at radius 3 is 2.57 bits per heavy atom. The Labute approximate surface area is 142 Å². The number of rotatable bonds is 4. The minimum Gasteiger partial charge on any atom is -0.492 e. The molecule has 2 rings (SSSR count). The highest BCUT2D eigenvalue weighted by Crippen LogP contribution is 2.33. The third-order valence-electron chi connectivity index (χ3n) is 3.00. The summed E-state index contributed by atoms with van der Waals surface area (Å²) < 4.78 is 6.12. The van der Waals surface area contributed by atoms with Gasteiger partial charge in [-0.15, -0.1) is 0 Å². The Kier molecular flexibility index (Phi) is 5.31. The van der Waals surface area contributed by atoms with Gasteiger partial charge < -0.3 is 4.74 Å². The van der Waals surface area contributed by atoms with Crippen molar-refractivity contribution in [3.8, 4) is 5.75 Å². The molecule has 0 aromatic heterocycles. The van der Waals surface area contributed by atoms with Crippen molar-refractivity contribution in [2.75, 3.05) is 6.61 Å². The van der Waals surface area contributed by atoms with Crippen LogP contribution in [0.1, 0.15) is 28.4 Å². The maximum atomic E-state index is 12.6.